The maximum Gasteiger partial charge on any atom is 0.513 e. The molecule has 3 nitrogen and oxygen atoms in total. The lowest BCUT2D eigenvalue weighted by Crippen LogP contribution is -2.11. The molecule has 0 aliphatic heterocycles. The molecule has 0 saturated heterocycles. The van der Waals surface area contributed by atoms with E-state index in [-0.39, 0.29) is 17.7 Å². The van der Waals surface area contributed by atoms with Gasteiger partial charge >= 0.3 is 6.16 Å². The van der Waals surface area contributed by atoms with E-state index in [1.807, 2.05) is 6.92 Å². The quantitative estimate of drug-likeness (QED) is 0.378. The van der Waals surface area contributed by atoms with Gasteiger partial charge in [0.1, 0.15) is 11.6 Å². The highest BCUT2D eigenvalue weighted by molar-refractivity contribution is 6.06. The number of benzene rings is 3. The Morgan fingerprint density at radius 2 is 1.91 bits per heavy atom. The fourth-order valence-electron chi connectivity index (χ4n) is 2.47. The molecular formula is C18H14F2O3. The molecular weight excluding hydrogens is 302 g/mol. The third-order valence-electron chi connectivity index (χ3n) is 3.45. The maximum absolute atomic E-state index is 14.3. The molecule has 0 amide bonds. The molecule has 0 fully saturated rings. The predicted molar refractivity (Wildman–Crippen MR) is 83.6 cm³/mol. The molecule has 0 aliphatic rings. The summed E-state index contributed by atoms with van der Waals surface area (Å²) >= 11 is 0. The Balaban J connectivity index is 2.22. The normalized spacial score (nSPS) is 10.9. The average Bonchev–Trinajstić information content (AvgIpc) is 2.52. The summed E-state index contributed by atoms with van der Waals surface area (Å²) in [7, 11) is 0. The van der Waals surface area contributed by atoms with E-state index >= 15 is 0 Å². The van der Waals surface area contributed by atoms with E-state index in [1.165, 1.54) is 24.3 Å². The van der Waals surface area contributed by atoms with Crippen LogP contribution in [0.4, 0.5) is 13.6 Å². The van der Waals surface area contributed by atoms with Crippen molar-refractivity contribution < 1.29 is 23.0 Å². The number of fused-ring (bicyclic) bond motifs is 2. The van der Waals surface area contributed by atoms with E-state index < -0.39 is 17.8 Å². The van der Waals surface area contributed by atoms with Crippen LogP contribution in [-0.2, 0) is 4.74 Å². The number of ether oxygens (including phenoxy) is 2. The van der Waals surface area contributed by atoms with Crippen LogP contribution in [0.15, 0.2) is 42.5 Å². The van der Waals surface area contributed by atoms with Crippen molar-refractivity contribution in [2.75, 3.05) is 6.61 Å². The van der Waals surface area contributed by atoms with Crippen molar-refractivity contribution in [1.82, 2.24) is 0 Å². The summed E-state index contributed by atoms with van der Waals surface area (Å²) in [5.41, 5.74) is 0. The molecule has 0 aromatic heterocycles. The van der Waals surface area contributed by atoms with Gasteiger partial charge in [0.05, 0.1) is 12.0 Å². The molecule has 0 aliphatic carbocycles. The third-order valence-corrected chi connectivity index (χ3v) is 3.45. The lowest BCUT2D eigenvalue weighted by Gasteiger charge is -2.12. The largest absolute Gasteiger partial charge is 0.513 e. The third kappa shape index (κ3) is 2.95. The Morgan fingerprint density at radius 1 is 1.09 bits per heavy atom. The molecule has 0 N–H and O–H groups in total. The van der Waals surface area contributed by atoms with E-state index in [0.717, 1.165) is 0 Å². The first-order chi connectivity index (χ1) is 11.1. The van der Waals surface area contributed by atoms with Crippen LogP contribution in [0.5, 0.6) is 5.75 Å². The molecule has 3 aromatic carbocycles. The Bertz CT molecular complexity index is 889. The summed E-state index contributed by atoms with van der Waals surface area (Å²) in [4.78, 5) is 11.8. The summed E-state index contributed by atoms with van der Waals surface area (Å²) in [5.74, 6) is -0.906. The van der Waals surface area contributed by atoms with E-state index in [0.29, 0.717) is 22.6 Å². The minimum Gasteiger partial charge on any atom is -0.434 e. The minimum atomic E-state index is -0.909. The number of halogens is 2. The standard InChI is InChI=1S/C18H14F2O3/c1-2-8-22-18(21)23-17-14-7-6-13(19)10-12(14)9-11-4-3-5-15(20)16(11)17/h3-7,9-10H,2,8H2,1H3. The zero-order valence-electron chi connectivity index (χ0n) is 12.4. The Hall–Kier alpha value is -2.69. The molecule has 0 atom stereocenters. The molecule has 0 bridgehead atoms. The van der Waals surface area contributed by atoms with Gasteiger partial charge < -0.3 is 9.47 Å². The second-order valence-corrected chi connectivity index (χ2v) is 5.11. The van der Waals surface area contributed by atoms with Gasteiger partial charge in [0, 0.05) is 5.39 Å². The van der Waals surface area contributed by atoms with Gasteiger partial charge in [0.2, 0.25) is 0 Å². The van der Waals surface area contributed by atoms with Crippen molar-refractivity contribution in [3.8, 4) is 5.75 Å². The van der Waals surface area contributed by atoms with Crippen LogP contribution in [-0.4, -0.2) is 12.8 Å². The van der Waals surface area contributed by atoms with Crippen LogP contribution in [0.1, 0.15) is 13.3 Å². The van der Waals surface area contributed by atoms with Gasteiger partial charge in [-0.2, -0.15) is 0 Å². The summed E-state index contributed by atoms with van der Waals surface area (Å²) < 4.78 is 37.9. The number of hydrogen-bond acceptors (Lipinski definition) is 3. The maximum atomic E-state index is 14.3. The van der Waals surface area contributed by atoms with E-state index in [4.69, 9.17) is 9.47 Å². The molecule has 3 rings (SSSR count). The van der Waals surface area contributed by atoms with Crippen LogP contribution in [0.2, 0.25) is 0 Å². The van der Waals surface area contributed by atoms with Crippen molar-refractivity contribution in [3.63, 3.8) is 0 Å². The highest BCUT2D eigenvalue weighted by atomic mass is 19.1. The highest BCUT2D eigenvalue weighted by Gasteiger charge is 2.17. The van der Waals surface area contributed by atoms with Crippen LogP contribution < -0.4 is 4.74 Å². The molecule has 0 saturated carbocycles. The van der Waals surface area contributed by atoms with Crippen molar-refractivity contribution in [3.05, 3.63) is 54.1 Å². The van der Waals surface area contributed by atoms with Gasteiger partial charge in [0.15, 0.2) is 5.75 Å². The van der Waals surface area contributed by atoms with Crippen molar-refractivity contribution in [1.29, 1.82) is 0 Å². The molecule has 3 aromatic rings. The summed E-state index contributed by atoms with van der Waals surface area (Å²) in [6.45, 7) is 2.06. The van der Waals surface area contributed by atoms with Gasteiger partial charge in [-0.15, -0.1) is 0 Å². The van der Waals surface area contributed by atoms with Gasteiger partial charge in [-0.1, -0.05) is 19.1 Å². The lowest BCUT2D eigenvalue weighted by molar-refractivity contribution is 0.100. The first-order valence-electron chi connectivity index (χ1n) is 7.25. The molecule has 0 spiro atoms. The van der Waals surface area contributed by atoms with Crippen LogP contribution in [0.3, 0.4) is 0 Å². The van der Waals surface area contributed by atoms with Crippen LogP contribution in [0.25, 0.3) is 21.5 Å². The SMILES string of the molecule is CCCOC(=O)Oc1c2ccc(F)cc2cc2cccc(F)c12. The number of rotatable bonds is 3. The van der Waals surface area contributed by atoms with E-state index in [2.05, 4.69) is 0 Å². The predicted octanol–water partition coefficient (Wildman–Crippen LogP) is 5.20. The summed E-state index contributed by atoms with van der Waals surface area (Å²) in [5, 5.41) is 1.64. The first-order valence-corrected chi connectivity index (χ1v) is 7.25. The smallest absolute Gasteiger partial charge is 0.434 e. The Kier molecular flexibility index (Phi) is 4.10. The van der Waals surface area contributed by atoms with Gasteiger partial charge in [-0.25, -0.2) is 13.6 Å². The van der Waals surface area contributed by atoms with Gasteiger partial charge in [-0.3, -0.25) is 0 Å². The lowest BCUT2D eigenvalue weighted by atomic mass is 10.0. The number of carbonyl (C=O) groups excluding carboxylic acids is 1. The fourth-order valence-corrected chi connectivity index (χ4v) is 2.47. The van der Waals surface area contributed by atoms with Crippen LogP contribution in [0, 0.1) is 11.6 Å². The van der Waals surface area contributed by atoms with E-state index in [1.54, 1.807) is 18.2 Å². The second-order valence-electron chi connectivity index (χ2n) is 5.11. The van der Waals surface area contributed by atoms with Crippen LogP contribution >= 0.6 is 0 Å². The molecule has 5 heteroatoms. The van der Waals surface area contributed by atoms with Gasteiger partial charge in [-0.05, 0) is 47.5 Å². The topological polar surface area (TPSA) is 35.5 Å². The molecule has 23 heavy (non-hydrogen) atoms. The Morgan fingerprint density at radius 3 is 2.70 bits per heavy atom. The number of hydrogen-bond donors (Lipinski definition) is 0. The van der Waals surface area contributed by atoms with Crippen molar-refractivity contribution in [2.45, 2.75) is 13.3 Å². The fraction of sp³-hybridized carbons (Fsp3) is 0.167. The molecule has 0 radical (unpaired) electrons. The van der Waals surface area contributed by atoms with Crippen molar-refractivity contribution >= 4 is 27.7 Å². The van der Waals surface area contributed by atoms with Crippen molar-refractivity contribution in [2.24, 2.45) is 0 Å². The first kappa shape index (κ1) is 15.2. The second kappa shape index (κ2) is 6.20. The monoisotopic (exact) mass is 316 g/mol. The zero-order valence-corrected chi connectivity index (χ0v) is 12.4. The molecule has 0 heterocycles. The van der Waals surface area contributed by atoms with E-state index in [9.17, 15) is 13.6 Å². The Labute approximate surface area is 131 Å². The minimum absolute atomic E-state index is 0.0386. The molecule has 118 valence electrons. The van der Waals surface area contributed by atoms with Gasteiger partial charge in [0.25, 0.3) is 0 Å². The highest BCUT2D eigenvalue weighted by Crippen LogP contribution is 2.37. The zero-order chi connectivity index (χ0) is 16.4. The average molecular weight is 316 g/mol. The number of carbonyl (C=O) groups is 1. The summed E-state index contributed by atoms with van der Waals surface area (Å²) in [6.07, 6.45) is -0.265. The summed E-state index contributed by atoms with van der Waals surface area (Å²) in [6, 6.07) is 10.2. The molecule has 0 unspecified atom stereocenters.